The zero-order valence-electron chi connectivity index (χ0n) is 24.5. The second kappa shape index (κ2) is 11.4. The Morgan fingerprint density at radius 2 is 1.68 bits per heavy atom. The van der Waals surface area contributed by atoms with Crippen LogP contribution in [-0.2, 0) is 9.53 Å². The van der Waals surface area contributed by atoms with Gasteiger partial charge in [-0.25, -0.2) is 14.3 Å². The third-order valence-electron chi connectivity index (χ3n) is 8.21. The van der Waals surface area contributed by atoms with Gasteiger partial charge in [-0.05, 0) is 73.2 Å². The number of fused-ring (bicyclic) bond motifs is 4. The number of carbonyl (C=O) groups is 2. The van der Waals surface area contributed by atoms with Crippen molar-refractivity contribution in [1.29, 1.82) is 0 Å². The number of aromatic nitrogens is 4. The third-order valence-corrected chi connectivity index (χ3v) is 8.21. The Balaban J connectivity index is 1.05. The quantitative estimate of drug-likeness (QED) is 0.227. The molecule has 0 radical (unpaired) electrons. The molecule has 2 aromatic carbocycles. The number of nitrogens with one attached hydrogen (secondary N) is 1. The predicted octanol–water partition coefficient (Wildman–Crippen LogP) is 5.93. The van der Waals surface area contributed by atoms with Crippen LogP contribution < -0.4 is 10.1 Å². The number of hydrogen-bond acceptors (Lipinski definition) is 7. The van der Waals surface area contributed by atoms with Crippen LogP contribution in [0.25, 0.3) is 27.9 Å². The fourth-order valence-electron chi connectivity index (χ4n) is 5.94. The van der Waals surface area contributed by atoms with Gasteiger partial charge in [-0.3, -0.25) is 15.0 Å². The van der Waals surface area contributed by atoms with Gasteiger partial charge in [0.2, 0.25) is 17.7 Å². The van der Waals surface area contributed by atoms with E-state index in [1.165, 1.54) is 0 Å². The number of anilines is 1. The molecule has 222 valence electrons. The fourth-order valence-corrected chi connectivity index (χ4v) is 5.94. The number of pyridine rings is 2. The highest BCUT2D eigenvalue weighted by Gasteiger charge is 2.40. The molecule has 0 aliphatic heterocycles. The Bertz CT molecular complexity index is 1820. The van der Waals surface area contributed by atoms with Crippen LogP contribution in [0.15, 0.2) is 85.2 Å². The van der Waals surface area contributed by atoms with E-state index in [2.05, 4.69) is 44.6 Å². The van der Waals surface area contributed by atoms with Gasteiger partial charge < -0.3 is 9.47 Å². The number of nitrogens with zero attached hydrogens (tertiary/aromatic N) is 5. The van der Waals surface area contributed by atoms with E-state index >= 15 is 0 Å². The minimum absolute atomic E-state index is 0.0398. The molecule has 10 nitrogen and oxygen atoms in total. The predicted molar refractivity (Wildman–Crippen MR) is 165 cm³/mol. The highest BCUT2D eigenvalue weighted by molar-refractivity contribution is 5.95. The summed E-state index contributed by atoms with van der Waals surface area (Å²) in [7, 11) is 0. The molecule has 2 aliphatic rings. The molecule has 1 N–H and O–H groups in total. The van der Waals surface area contributed by atoms with Crippen LogP contribution in [-0.4, -0.2) is 61.8 Å². The van der Waals surface area contributed by atoms with Crippen molar-refractivity contribution < 1.29 is 19.1 Å². The van der Waals surface area contributed by atoms with Gasteiger partial charge >= 0.3 is 6.09 Å². The molecule has 2 amide bonds. The summed E-state index contributed by atoms with van der Waals surface area (Å²) in [5, 5.41) is 7.27. The van der Waals surface area contributed by atoms with Crippen molar-refractivity contribution in [3.05, 3.63) is 96.3 Å². The Labute approximate surface area is 254 Å². The van der Waals surface area contributed by atoms with Crippen LogP contribution in [0, 0.1) is 0 Å². The molecule has 0 saturated heterocycles. The van der Waals surface area contributed by atoms with E-state index in [4.69, 9.17) is 9.47 Å². The van der Waals surface area contributed by atoms with Gasteiger partial charge in [0.1, 0.15) is 12.6 Å². The standard InChI is InChI=1S/C34H32N6O4/c1-3-43-32-24(13-8-18-35-32)22-14-17-30-36-33(38-39(30)19-22)37-31(41)21(2)40(23-15-16-23)34(42)44-20-29-27-11-6-4-9-25(27)26-10-5-7-12-28(26)29/h4-14,17-19,21,23,29H,3,15-16,20H2,1-2H3,(H,37,38,41)/t21-/m0/s1. The van der Waals surface area contributed by atoms with Gasteiger partial charge in [0.25, 0.3) is 0 Å². The van der Waals surface area contributed by atoms with Gasteiger partial charge in [-0.2, -0.15) is 4.98 Å². The summed E-state index contributed by atoms with van der Waals surface area (Å²) < 4.78 is 13.2. The second-order valence-corrected chi connectivity index (χ2v) is 11.1. The molecular formula is C34H32N6O4. The average Bonchev–Trinajstić information content (AvgIpc) is 3.71. The van der Waals surface area contributed by atoms with Crippen LogP contribution >= 0.6 is 0 Å². The van der Waals surface area contributed by atoms with Crippen molar-refractivity contribution in [1.82, 2.24) is 24.5 Å². The van der Waals surface area contributed by atoms with Gasteiger partial charge in [0.05, 0.1) is 6.61 Å². The molecule has 10 heteroatoms. The lowest BCUT2D eigenvalue weighted by Crippen LogP contribution is -2.47. The van der Waals surface area contributed by atoms with Crippen LogP contribution in [0.1, 0.15) is 43.7 Å². The molecule has 0 bridgehead atoms. The number of ether oxygens (including phenoxy) is 2. The molecule has 7 rings (SSSR count). The second-order valence-electron chi connectivity index (χ2n) is 11.1. The maximum Gasteiger partial charge on any atom is 0.410 e. The van der Waals surface area contributed by atoms with Gasteiger partial charge in [-0.15, -0.1) is 5.10 Å². The first-order valence-electron chi connectivity index (χ1n) is 14.9. The van der Waals surface area contributed by atoms with E-state index in [0.29, 0.717) is 18.1 Å². The van der Waals surface area contributed by atoms with E-state index in [-0.39, 0.29) is 30.4 Å². The maximum absolute atomic E-state index is 13.5. The number of carbonyl (C=O) groups excluding carboxylic acids is 2. The third kappa shape index (κ3) is 5.12. The van der Waals surface area contributed by atoms with Crippen molar-refractivity contribution in [2.24, 2.45) is 0 Å². The SMILES string of the molecule is CCOc1ncccc1-c1ccc2nc(NC(=O)[C@H](C)N(C(=O)OCC3c4ccccc4-c4ccccc43)C3CC3)nn2c1. The lowest BCUT2D eigenvalue weighted by Gasteiger charge is -2.28. The van der Waals surface area contributed by atoms with E-state index in [1.807, 2.05) is 61.7 Å². The Kier molecular flexibility index (Phi) is 7.17. The van der Waals surface area contributed by atoms with Crippen LogP contribution in [0.4, 0.5) is 10.7 Å². The van der Waals surface area contributed by atoms with Crippen molar-refractivity contribution in [2.75, 3.05) is 18.5 Å². The minimum atomic E-state index is -0.774. The number of amides is 2. The van der Waals surface area contributed by atoms with E-state index in [1.54, 1.807) is 22.5 Å². The largest absolute Gasteiger partial charge is 0.478 e. The van der Waals surface area contributed by atoms with Crippen molar-refractivity contribution in [3.63, 3.8) is 0 Å². The molecule has 3 heterocycles. The first kappa shape index (κ1) is 27.6. The Morgan fingerprint density at radius 1 is 0.977 bits per heavy atom. The number of rotatable bonds is 9. The zero-order chi connectivity index (χ0) is 30.2. The van der Waals surface area contributed by atoms with E-state index < -0.39 is 12.1 Å². The molecule has 0 spiro atoms. The molecule has 1 saturated carbocycles. The first-order chi connectivity index (χ1) is 21.5. The summed E-state index contributed by atoms with van der Waals surface area (Å²) in [5.74, 6) is 0.246. The monoisotopic (exact) mass is 588 g/mol. The first-order valence-corrected chi connectivity index (χ1v) is 14.9. The highest BCUT2D eigenvalue weighted by Crippen LogP contribution is 2.44. The fraction of sp³-hybridized carbons (Fsp3) is 0.265. The van der Waals surface area contributed by atoms with Gasteiger partial charge in [0.15, 0.2) is 5.65 Å². The van der Waals surface area contributed by atoms with E-state index in [9.17, 15) is 9.59 Å². The lowest BCUT2D eigenvalue weighted by molar-refractivity contribution is -0.120. The van der Waals surface area contributed by atoms with Crippen LogP contribution in [0.2, 0.25) is 0 Å². The van der Waals surface area contributed by atoms with Crippen molar-refractivity contribution in [2.45, 2.75) is 44.7 Å². The summed E-state index contributed by atoms with van der Waals surface area (Å²) in [5.41, 5.74) is 6.85. The molecular weight excluding hydrogens is 556 g/mol. The minimum Gasteiger partial charge on any atom is -0.478 e. The smallest absolute Gasteiger partial charge is 0.410 e. The number of hydrogen-bond donors (Lipinski definition) is 1. The Hall–Kier alpha value is -5.25. The van der Waals surface area contributed by atoms with Crippen molar-refractivity contribution in [3.8, 4) is 28.1 Å². The summed E-state index contributed by atoms with van der Waals surface area (Å²) in [6.45, 7) is 4.31. The molecule has 2 aliphatic carbocycles. The van der Waals surface area contributed by atoms with Crippen LogP contribution in [0.3, 0.4) is 0 Å². The molecule has 3 aromatic heterocycles. The highest BCUT2D eigenvalue weighted by atomic mass is 16.6. The normalized spacial score (nSPS) is 14.5. The molecule has 5 aromatic rings. The molecule has 0 unspecified atom stereocenters. The topological polar surface area (TPSA) is 111 Å². The van der Waals surface area contributed by atoms with Gasteiger partial charge in [0, 0.05) is 35.5 Å². The average molecular weight is 589 g/mol. The summed E-state index contributed by atoms with van der Waals surface area (Å²) in [6, 6.07) is 23.1. The Morgan fingerprint density at radius 3 is 2.39 bits per heavy atom. The zero-order valence-corrected chi connectivity index (χ0v) is 24.5. The van der Waals surface area contributed by atoms with Crippen LogP contribution in [0.5, 0.6) is 5.88 Å². The molecule has 1 fully saturated rings. The molecule has 44 heavy (non-hydrogen) atoms. The lowest BCUT2D eigenvalue weighted by atomic mass is 9.98. The van der Waals surface area contributed by atoms with Crippen molar-refractivity contribution >= 4 is 23.6 Å². The van der Waals surface area contributed by atoms with E-state index in [0.717, 1.165) is 46.2 Å². The van der Waals surface area contributed by atoms with Gasteiger partial charge in [-0.1, -0.05) is 48.5 Å². The summed E-state index contributed by atoms with van der Waals surface area (Å²) >= 11 is 0. The maximum atomic E-state index is 13.5. The summed E-state index contributed by atoms with van der Waals surface area (Å²) in [6.07, 6.45) is 4.66. The summed E-state index contributed by atoms with van der Waals surface area (Å²) in [4.78, 5) is 37.2. The number of benzene rings is 2. The molecule has 1 atom stereocenters.